The second-order valence-electron chi connectivity index (χ2n) is 7.50. The predicted octanol–water partition coefficient (Wildman–Crippen LogP) is 5.34. The van der Waals surface area contributed by atoms with Gasteiger partial charge in [-0.2, -0.15) is 0 Å². The van der Waals surface area contributed by atoms with Gasteiger partial charge >= 0.3 is 12.0 Å². The SMILES string of the molecule is O=C(Nc1cc(C(=O)O)cnc1-c1ccccc1)NC1c2ccccc2-c2ccccc21. The lowest BCUT2D eigenvalue weighted by Gasteiger charge is -2.18. The molecular weight excluding hydrogens is 402 g/mol. The Kier molecular flexibility index (Phi) is 4.88. The Bertz CT molecular complexity index is 1290. The molecule has 0 saturated heterocycles. The molecule has 0 unspecified atom stereocenters. The van der Waals surface area contributed by atoms with Gasteiger partial charge < -0.3 is 15.7 Å². The van der Waals surface area contributed by atoms with Gasteiger partial charge in [0, 0.05) is 11.8 Å². The highest BCUT2D eigenvalue weighted by molar-refractivity contribution is 5.97. The third-order valence-corrected chi connectivity index (χ3v) is 5.54. The van der Waals surface area contributed by atoms with Crippen LogP contribution in [0.3, 0.4) is 0 Å². The number of hydrogen-bond donors (Lipinski definition) is 3. The van der Waals surface area contributed by atoms with Crippen molar-refractivity contribution in [3.8, 4) is 22.4 Å². The van der Waals surface area contributed by atoms with Crippen LogP contribution in [0, 0.1) is 0 Å². The number of carboxylic acid groups (broad SMARTS) is 1. The summed E-state index contributed by atoms with van der Waals surface area (Å²) >= 11 is 0. The number of aromatic carboxylic acids is 1. The maximum atomic E-state index is 13.1. The molecule has 0 aliphatic heterocycles. The van der Waals surface area contributed by atoms with Crippen molar-refractivity contribution >= 4 is 17.7 Å². The Hall–Kier alpha value is -4.45. The summed E-state index contributed by atoms with van der Waals surface area (Å²) in [6.07, 6.45) is 1.29. The molecule has 3 aromatic carbocycles. The molecule has 0 bridgehead atoms. The van der Waals surface area contributed by atoms with Crippen LogP contribution in [0.2, 0.25) is 0 Å². The van der Waals surface area contributed by atoms with E-state index in [4.69, 9.17) is 0 Å². The molecule has 156 valence electrons. The van der Waals surface area contributed by atoms with Gasteiger partial charge in [0.05, 0.1) is 23.0 Å². The number of carboxylic acids is 1. The summed E-state index contributed by atoms with van der Waals surface area (Å²) in [5, 5.41) is 15.2. The number of amides is 2. The highest BCUT2D eigenvalue weighted by Crippen LogP contribution is 2.43. The van der Waals surface area contributed by atoms with Crippen molar-refractivity contribution in [2.45, 2.75) is 6.04 Å². The zero-order valence-electron chi connectivity index (χ0n) is 16.9. The van der Waals surface area contributed by atoms with Gasteiger partial charge in [-0.1, -0.05) is 78.9 Å². The third kappa shape index (κ3) is 3.48. The van der Waals surface area contributed by atoms with Crippen molar-refractivity contribution in [3.05, 3.63) is 108 Å². The van der Waals surface area contributed by atoms with Crippen LogP contribution in [0.1, 0.15) is 27.5 Å². The highest BCUT2D eigenvalue weighted by Gasteiger charge is 2.29. The van der Waals surface area contributed by atoms with E-state index < -0.39 is 12.0 Å². The molecule has 0 saturated carbocycles. The maximum absolute atomic E-state index is 13.1. The Morgan fingerprint density at radius 2 is 1.41 bits per heavy atom. The topological polar surface area (TPSA) is 91.3 Å². The number of urea groups is 1. The fourth-order valence-electron chi connectivity index (χ4n) is 4.10. The van der Waals surface area contributed by atoms with Crippen LogP contribution in [0.25, 0.3) is 22.4 Å². The summed E-state index contributed by atoms with van der Waals surface area (Å²) in [5.74, 6) is -1.11. The molecule has 1 aromatic heterocycles. The van der Waals surface area contributed by atoms with Crippen molar-refractivity contribution in [3.63, 3.8) is 0 Å². The smallest absolute Gasteiger partial charge is 0.337 e. The summed E-state index contributed by atoms with van der Waals surface area (Å²) in [6.45, 7) is 0. The van der Waals surface area contributed by atoms with Crippen LogP contribution in [0.15, 0.2) is 91.1 Å². The number of fused-ring (bicyclic) bond motifs is 3. The number of benzene rings is 3. The molecule has 3 N–H and O–H groups in total. The molecule has 0 spiro atoms. The van der Waals surface area contributed by atoms with Crippen LogP contribution in [0.5, 0.6) is 0 Å². The van der Waals surface area contributed by atoms with E-state index in [2.05, 4.69) is 15.6 Å². The molecule has 1 aliphatic rings. The number of anilines is 1. The van der Waals surface area contributed by atoms with Crippen molar-refractivity contribution in [2.24, 2.45) is 0 Å². The van der Waals surface area contributed by atoms with Crippen molar-refractivity contribution in [1.29, 1.82) is 0 Å². The van der Waals surface area contributed by atoms with Gasteiger partial charge in [0.25, 0.3) is 0 Å². The molecule has 1 aliphatic carbocycles. The fraction of sp³-hybridized carbons (Fsp3) is 0.0385. The molecule has 0 fully saturated rings. The molecule has 5 rings (SSSR count). The standard InChI is InChI=1S/C26H19N3O3/c30-25(31)17-14-22(23(27-15-17)16-8-2-1-3-9-16)28-26(32)29-24-20-12-6-4-10-18(20)19-11-5-7-13-21(19)24/h1-15,24H,(H,30,31)(H2,28,29,32). The van der Waals surface area contributed by atoms with E-state index in [1.807, 2.05) is 78.9 Å². The monoisotopic (exact) mass is 421 g/mol. The zero-order chi connectivity index (χ0) is 22.1. The number of hydrogen-bond acceptors (Lipinski definition) is 3. The van der Waals surface area contributed by atoms with Crippen LogP contribution >= 0.6 is 0 Å². The normalized spacial score (nSPS) is 12.0. The largest absolute Gasteiger partial charge is 0.478 e. The number of aromatic nitrogens is 1. The summed E-state index contributed by atoms with van der Waals surface area (Å²) in [4.78, 5) is 28.8. The number of carbonyl (C=O) groups excluding carboxylic acids is 1. The number of rotatable bonds is 4. The Balaban J connectivity index is 1.47. The van der Waals surface area contributed by atoms with Gasteiger partial charge in [-0.25, -0.2) is 9.59 Å². The average molecular weight is 421 g/mol. The minimum absolute atomic E-state index is 0.00320. The van der Waals surface area contributed by atoms with Crippen LogP contribution in [-0.2, 0) is 0 Å². The molecule has 0 radical (unpaired) electrons. The molecule has 32 heavy (non-hydrogen) atoms. The quantitative estimate of drug-likeness (QED) is 0.415. The molecule has 6 nitrogen and oxygen atoms in total. The van der Waals surface area contributed by atoms with Crippen LogP contribution in [-0.4, -0.2) is 22.1 Å². The van der Waals surface area contributed by atoms with E-state index in [0.717, 1.165) is 27.8 Å². The van der Waals surface area contributed by atoms with Gasteiger partial charge in [0.2, 0.25) is 0 Å². The first-order valence-corrected chi connectivity index (χ1v) is 10.2. The average Bonchev–Trinajstić information content (AvgIpc) is 3.13. The number of nitrogens with one attached hydrogen (secondary N) is 2. The second-order valence-corrected chi connectivity index (χ2v) is 7.50. The highest BCUT2D eigenvalue weighted by atomic mass is 16.4. The maximum Gasteiger partial charge on any atom is 0.337 e. The minimum Gasteiger partial charge on any atom is -0.478 e. The Labute approximate surface area is 184 Å². The number of carbonyl (C=O) groups is 2. The molecule has 6 heteroatoms. The molecule has 1 heterocycles. The summed E-state index contributed by atoms with van der Waals surface area (Å²) in [7, 11) is 0. The zero-order valence-corrected chi connectivity index (χ0v) is 16.9. The Morgan fingerprint density at radius 1 is 0.812 bits per heavy atom. The van der Waals surface area contributed by atoms with Crippen molar-refractivity contribution in [1.82, 2.24) is 10.3 Å². The molecule has 4 aromatic rings. The fourth-order valence-corrected chi connectivity index (χ4v) is 4.10. The first-order chi connectivity index (χ1) is 15.6. The summed E-state index contributed by atoms with van der Waals surface area (Å²) in [6, 6.07) is 25.9. The lowest BCUT2D eigenvalue weighted by Crippen LogP contribution is -2.32. The Morgan fingerprint density at radius 3 is 2.03 bits per heavy atom. The van der Waals surface area contributed by atoms with Gasteiger partial charge in [-0.3, -0.25) is 4.98 Å². The van der Waals surface area contributed by atoms with Gasteiger partial charge in [0.1, 0.15) is 0 Å². The lowest BCUT2D eigenvalue weighted by molar-refractivity contribution is 0.0696. The van der Waals surface area contributed by atoms with Crippen molar-refractivity contribution < 1.29 is 14.7 Å². The predicted molar refractivity (Wildman–Crippen MR) is 123 cm³/mol. The van der Waals surface area contributed by atoms with Crippen LogP contribution in [0.4, 0.5) is 10.5 Å². The second kappa shape index (κ2) is 8.00. The van der Waals surface area contributed by atoms with Gasteiger partial charge in [-0.05, 0) is 28.3 Å². The van der Waals surface area contributed by atoms with E-state index in [9.17, 15) is 14.7 Å². The van der Waals surface area contributed by atoms with E-state index in [1.165, 1.54) is 12.3 Å². The number of pyridine rings is 1. The first kappa shape index (κ1) is 19.5. The molecular formula is C26H19N3O3. The van der Waals surface area contributed by atoms with Crippen LogP contribution < -0.4 is 10.6 Å². The first-order valence-electron chi connectivity index (χ1n) is 10.2. The van der Waals surface area contributed by atoms with Gasteiger partial charge in [0.15, 0.2) is 0 Å². The van der Waals surface area contributed by atoms with E-state index in [-0.39, 0.29) is 11.6 Å². The van der Waals surface area contributed by atoms with Gasteiger partial charge in [-0.15, -0.1) is 0 Å². The summed E-state index contributed by atoms with van der Waals surface area (Å²) in [5.41, 5.74) is 5.81. The van der Waals surface area contributed by atoms with E-state index in [1.54, 1.807) is 0 Å². The van der Waals surface area contributed by atoms with Crippen molar-refractivity contribution in [2.75, 3.05) is 5.32 Å². The van der Waals surface area contributed by atoms with E-state index in [0.29, 0.717) is 11.4 Å². The van der Waals surface area contributed by atoms with E-state index >= 15 is 0 Å². The number of nitrogens with zero attached hydrogens (tertiary/aromatic N) is 1. The minimum atomic E-state index is -1.11. The molecule has 0 atom stereocenters. The lowest BCUT2D eigenvalue weighted by atomic mass is 10.1. The molecule has 2 amide bonds. The summed E-state index contributed by atoms with van der Waals surface area (Å²) < 4.78 is 0. The third-order valence-electron chi connectivity index (χ3n) is 5.54.